The molecular weight excluding hydrogens is 342 g/mol. The van der Waals surface area contributed by atoms with Crippen molar-refractivity contribution in [1.82, 2.24) is 20.0 Å². The van der Waals surface area contributed by atoms with Crippen molar-refractivity contribution >= 4 is 11.9 Å². The Kier molecular flexibility index (Phi) is 9.91. The molecule has 0 amide bonds. The minimum atomic E-state index is -0.0687. The van der Waals surface area contributed by atoms with Crippen molar-refractivity contribution in [3.8, 4) is 0 Å². The number of rotatable bonds is 8. The summed E-state index contributed by atoms with van der Waals surface area (Å²) in [4.78, 5) is 23.7. The number of hydrogen-bond acceptors (Lipinski definition) is 5. The second-order valence-corrected chi connectivity index (χ2v) is 7.49. The molecule has 156 valence electrons. The Balaban J connectivity index is 1.63. The van der Waals surface area contributed by atoms with Crippen LogP contribution in [0.5, 0.6) is 0 Å². The maximum absolute atomic E-state index is 12.0. The molecule has 1 N–H and O–H groups in total. The number of guanidine groups is 1. The van der Waals surface area contributed by atoms with E-state index in [1.807, 2.05) is 14.0 Å². The summed E-state index contributed by atoms with van der Waals surface area (Å²) in [6.07, 6.45) is 4.27. The zero-order valence-electron chi connectivity index (χ0n) is 17.6. The summed E-state index contributed by atoms with van der Waals surface area (Å²) in [6, 6.07) is 0. The zero-order valence-corrected chi connectivity index (χ0v) is 17.6. The fourth-order valence-electron chi connectivity index (χ4n) is 3.94. The van der Waals surface area contributed by atoms with E-state index in [1.54, 1.807) is 0 Å². The van der Waals surface area contributed by atoms with Gasteiger partial charge in [0, 0.05) is 52.9 Å². The third-order valence-electron chi connectivity index (χ3n) is 5.65. The number of piperidine rings is 1. The summed E-state index contributed by atoms with van der Waals surface area (Å²) in [5.41, 5.74) is 0. The molecule has 0 bridgehead atoms. The number of likely N-dealkylation sites (tertiary alicyclic amines) is 1. The molecule has 0 saturated carbocycles. The van der Waals surface area contributed by atoms with Gasteiger partial charge in [0.15, 0.2) is 5.96 Å². The van der Waals surface area contributed by atoms with E-state index in [-0.39, 0.29) is 11.9 Å². The summed E-state index contributed by atoms with van der Waals surface area (Å²) in [5, 5.41) is 3.48. The third kappa shape index (κ3) is 7.30. The maximum atomic E-state index is 12.0. The van der Waals surface area contributed by atoms with Crippen molar-refractivity contribution in [2.45, 2.75) is 39.5 Å². The number of nitrogens with zero attached hydrogens (tertiary/aromatic N) is 4. The van der Waals surface area contributed by atoms with E-state index < -0.39 is 0 Å². The number of carbonyl (C=O) groups is 1. The van der Waals surface area contributed by atoms with Gasteiger partial charge in [0.05, 0.1) is 12.5 Å². The molecule has 0 aromatic rings. The van der Waals surface area contributed by atoms with Gasteiger partial charge in [0.25, 0.3) is 0 Å². The van der Waals surface area contributed by atoms with Gasteiger partial charge in [-0.3, -0.25) is 9.79 Å². The molecule has 7 heteroatoms. The van der Waals surface area contributed by atoms with Crippen molar-refractivity contribution in [1.29, 1.82) is 0 Å². The first kappa shape index (κ1) is 22.0. The average Bonchev–Trinajstić information content (AvgIpc) is 2.71. The summed E-state index contributed by atoms with van der Waals surface area (Å²) < 4.78 is 5.19. The van der Waals surface area contributed by atoms with Crippen molar-refractivity contribution in [3.63, 3.8) is 0 Å². The second-order valence-electron chi connectivity index (χ2n) is 7.49. The Morgan fingerprint density at radius 2 is 1.85 bits per heavy atom. The topological polar surface area (TPSA) is 60.4 Å². The highest BCUT2D eigenvalue weighted by Crippen LogP contribution is 2.18. The van der Waals surface area contributed by atoms with Crippen LogP contribution >= 0.6 is 0 Å². The lowest BCUT2D eigenvalue weighted by Crippen LogP contribution is -2.48. The summed E-state index contributed by atoms with van der Waals surface area (Å²) in [5.74, 6) is 0.820. The Morgan fingerprint density at radius 3 is 2.52 bits per heavy atom. The molecule has 1 unspecified atom stereocenters. The molecule has 2 rings (SSSR count). The molecule has 0 aromatic heterocycles. The minimum absolute atomic E-state index is 0.0287. The lowest BCUT2D eigenvalue weighted by Gasteiger charge is -2.34. The van der Waals surface area contributed by atoms with Gasteiger partial charge in [0.2, 0.25) is 0 Å². The highest BCUT2D eigenvalue weighted by molar-refractivity contribution is 5.81. The molecule has 1 atom stereocenters. The van der Waals surface area contributed by atoms with E-state index in [0.717, 1.165) is 38.3 Å². The van der Waals surface area contributed by atoms with Crippen LogP contribution in [-0.4, -0.2) is 99.2 Å². The van der Waals surface area contributed by atoms with E-state index >= 15 is 0 Å². The number of hydrogen-bond donors (Lipinski definition) is 1. The first-order valence-electron chi connectivity index (χ1n) is 10.7. The molecule has 7 nitrogen and oxygen atoms in total. The number of carbonyl (C=O) groups excluding carboxylic acids is 1. The van der Waals surface area contributed by atoms with E-state index in [0.29, 0.717) is 13.2 Å². The van der Waals surface area contributed by atoms with Crippen molar-refractivity contribution in [2.24, 2.45) is 10.9 Å². The smallest absolute Gasteiger partial charge is 0.310 e. The molecule has 27 heavy (non-hydrogen) atoms. The zero-order chi connectivity index (χ0) is 19.5. The van der Waals surface area contributed by atoms with Crippen molar-refractivity contribution in [3.05, 3.63) is 0 Å². The SMILES string of the molecule is CCOC(=O)C1CCCN(C(=NC)NCCCCN2CCN(CC)CC2)C1. The summed E-state index contributed by atoms with van der Waals surface area (Å²) >= 11 is 0. The van der Waals surface area contributed by atoms with Gasteiger partial charge in [-0.25, -0.2) is 0 Å². The molecule has 2 aliphatic rings. The van der Waals surface area contributed by atoms with E-state index in [1.165, 1.54) is 45.7 Å². The van der Waals surface area contributed by atoms with Crippen LogP contribution in [0.15, 0.2) is 4.99 Å². The second kappa shape index (κ2) is 12.2. The first-order chi connectivity index (χ1) is 13.2. The standard InChI is InChI=1S/C20H39N5O2/c1-4-23-13-15-24(16-14-23)11-7-6-10-22-20(21-3)25-12-8-9-18(17-25)19(26)27-5-2/h18H,4-17H2,1-3H3,(H,21,22). The van der Waals surface area contributed by atoms with Crippen LogP contribution in [-0.2, 0) is 9.53 Å². The number of unbranched alkanes of at least 4 members (excludes halogenated alkanes) is 1. The van der Waals surface area contributed by atoms with Gasteiger partial charge in [-0.1, -0.05) is 6.92 Å². The number of ether oxygens (including phenoxy) is 1. The van der Waals surface area contributed by atoms with Gasteiger partial charge in [-0.15, -0.1) is 0 Å². The monoisotopic (exact) mass is 381 g/mol. The van der Waals surface area contributed by atoms with Crippen LogP contribution in [0.1, 0.15) is 39.5 Å². The maximum Gasteiger partial charge on any atom is 0.310 e. The molecule has 2 fully saturated rings. The van der Waals surface area contributed by atoms with Crippen molar-refractivity contribution in [2.75, 3.05) is 72.6 Å². The molecular formula is C20H39N5O2. The molecule has 0 aromatic carbocycles. The molecule has 2 saturated heterocycles. The normalized spacial score (nSPS) is 22.7. The average molecular weight is 382 g/mol. The molecule has 2 heterocycles. The van der Waals surface area contributed by atoms with Gasteiger partial charge >= 0.3 is 5.97 Å². The fraction of sp³-hybridized carbons (Fsp3) is 0.900. The molecule has 0 aliphatic carbocycles. The number of nitrogens with one attached hydrogen (secondary N) is 1. The number of aliphatic imine (C=N–C) groups is 1. The van der Waals surface area contributed by atoms with Gasteiger partial charge in [0.1, 0.15) is 0 Å². The quantitative estimate of drug-likeness (QED) is 0.296. The molecule has 0 spiro atoms. The lowest BCUT2D eigenvalue weighted by atomic mass is 9.98. The van der Waals surface area contributed by atoms with E-state index in [2.05, 4.69) is 31.9 Å². The van der Waals surface area contributed by atoms with Crippen LogP contribution in [0, 0.1) is 5.92 Å². The first-order valence-corrected chi connectivity index (χ1v) is 10.7. The fourth-order valence-corrected chi connectivity index (χ4v) is 3.94. The van der Waals surface area contributed by atoms with Crippen molar-refractivity contribution < 1.29 is 9.53 Å². The Hall–Kier alpha value is -1.34. The Morgan fingerprint density at radius 1 is 1.11 bits per heavy atom. The Labute approximate surface area is 165 Å². The molecule has 0 radical (unpaired) electrons. The predicted octanol–water partition coefficient (Wildman–Crippen LogP) is 1.25. The van der Waals surface area contributed by atoms with Crippen LogP contribution in [0.2, 0.25) is 0 Å². The van der Waals surface area contributed by atoms with Gasteiger partial charge in [-0.2, -0.15) is 0 Å². The number of esters is 1. The van der Waals surface area contributed by atoms with Gasteiger partial charge in [-0.05, 0) is 45.7 Å². The highest BCUT2D eigenvalue weighted by Gasteiger charge is 2.28. The minimum Gasteiger partial charge on any atom is -0.466 e. The lowest BCUT2D eigenvalue weighted by molar-refractivity contribution is -0.149. The number of likely N-dealkylation sites (N-methyl/N-ethyl adjacent to an activating group) is 1. The van der Waals surface area contributed by atoms with Crippen LogP contribution in [0.4, 0.5) is 0 Å². The largest absolute Gasteiger partial charge is 0.466 e. The predicted molar refractivity (Wildman–Crippen MR) is 110 cm³/mol. The van der Waals surface area contributed by atoms with Crippen LogP contribution < -0.4 is 5.32 Å². The highest BCUT2D eigenvalue weighted by atomic mass is 16.5. The van der Waals surface area contributed by atoms with Crippen LogP contribution in [0.3, 0.4) is 0 Å². The summed E-state index contributed by atoms with van der Waals surface area (Å²) in [6.45, 7) is 14.3. The number of piperazine rings is 1. The van der Waals surface area contributed by atoms with E-state index in [4.69, 9.17) is 4.74 Å². The molecule has 2 aliphatic heterocycles. The summed E-state index contributed by atoms with van der Waals surface area (Å²) in [7, 11) is 1.82. The Bertz CT molecular complexity index is 463. The van der Waals surface area contributed by atoms with Crippen LogP contribution in [0.25, 0.3) is 0 Å². The van der Waals surface area contributed by atoms with E-state index in [9.17, 15) is 4.79 Å². The van der Waals surface area contributed by atoms with Gasteiger partial charge < -0.3 is 24.8 Å². The third-order valence-corrected chi connectivity index (χ3v) is 5.65.